The molecule has 2 rings (SSSR count). The second kappa shape index (κ2) is 7.05. The predicted molar refractivity (Wildman–Crippen MR) is 84.4 cm³/mol. The van der Waals surface area contributed by atoms with Crippen LogP contribution in [0, 0.1) is 6.92 Å². The SMILES string of the molecule is Cc1cccc(CN(C)S(=O)(=O)N2CCCCC2CCl)n1. The van der Waals surface area contributed by atoms with Crippen molar-refractivity contribution >= 4 is 21.8 Å². The molecule has 118 valence electrons. The topological polar surface area (TPSA) is 53.5 Å². The maximum absolute atomic E-state index is 12.7. The summed E-state index contributed by atoms with van der Waals surface area (Å²) in [4.78, 5) is 4.36. The number of alkyl halides is 1. The van der Waals surface area contributed by atoms with Crippen LogP contribution in [-0.4, -0.2) is 47.5 Å². The van der Waals surface area contributed by atoms with E-state index in [4.69, 9.17) is 11.6 Å². The minimum atomic E-state index is -3.49. The third kappa shape index (κ3) is 3.94. The summed E-state index contributed by atoms with van der Waals surface area (Å²) in [6.07, 6.45) is 2.76. The summed E-state index contributed by atoms with van der Waals surface area (Å²) in [5, 5.41) is 0. The highest BCUT2D eigenvalue weighted by molar-refractivity contribution is 7.86. The van der Waals surface area contributed by atoms with Crippen LogP contribution in [0.15, 0.2) is 18.2 Å². The zero-order chi connectivity index (χ0) is 15.5. The van der Waals surface area contributed by atoms with Crippen molar-refractivity contribution < 1.29 is 8.42 Å². The van der Waals surface area contributed by atoms with Gasteiger partial charge in [-0.15, -0.1) is 11.6 Å². The fourth-order valence-electron chi connectivity index (χ4n) is 2.61. The van der Waals surface area contributed by atoms with E-state index in [1.54, 1.807) is 11.4 Å². The molecule has 0 bridgehead atoms. The van der Waals surface area contributed by atoms with Gasteiger partial charge in [0.2, 0.25) is 0 Å². The Labute approximate surface area is 132 Å². The number of pyridine rings is 1. The summed E-state index contributed by atoms with van der Waals surface area (Å²) in [5.41, 5.74) is 1.63. The highest BCUT2D eigenvalue weighted by atomic mass is 35.5. The van der Waals surface area contributed by atoms with Gasteiger partial charge in [0.1, 0.15) is 0 Å². The molecule has 2 heterocycles. The van der Waals surface area contributed by atoms with E-state index < -0.39 is 10.2 Å². The third-order valence-electron chi connectivity index (χ3n) is 3.77. The van der Waals surface area contributed by atoms with Gasteiger partial charge in [-0.05, 0) is 31.9 Å². The number of hydrogen-bond acceptors (Lipinski definition) is 3. The van der Waals surface area contributed by atoms with Crippen molar-refractivity contribution in [3.63, 3.8) is 0 Å². The summed E-state index contributed by atoms with van der Waals surface area (Å²) in [7, 11) is -1.90. The molecule has 1 aromatic heterocycles. The third-order valence-corrected chi connectivity index (χ3v) is 6.12. The molecular weight excluding hydrogens is 310 g/mol. The van der Waals surface area contributed by atoms with E-state index in [2.05, 4.69) is 4.98 Å². The van der Waals surface area contributed by atoms with Gasteiger partial charge in [-0.2, -0.15) is 17.0 Å². The van der Waals surface area contributed by atoms with Crippen molar-refractivity contribution in [3.05, 3.63) is 29.6 Å². The molecule has 0 N–H and O–H groups in total. The van der Waals surface area contributed by atoms with Gasteiger partial charge in [-0.25, -0.2) is 0 Å². The molecule has 0 spiro atoms. The van der Waals surface area contributed by atoms with Gasteiger partial charge in [0, 0.05) is 31.2 Å². The molecule has 1 aromatic rings. The average Bonchev–Trinajstić information content (AvgIpc) is 2.47. The average molecular weight is 332 g/mol. The Kier molecular flexibility index (Phi) is 5.60. The number of piperidine rings is 1. The van der Waals surface area contributed by atoms with Crippen LogP contribution in [0.25, 0.3) is 0 Å². The number of rotatable bonds is 5. The zero-order valence-corrected chi connectivity index (χ0v) is 14.1. The second-order valence-electron chi connectivity index (χ2n) is 5.45. The van der Waals surface area contributed by atoms with Crippen LogP contribution in [0.1, 0.15) is 30.7 Å². The Balaban J connectivity index is 2.14. The lowest BCUT2D eigenvalue weighted by Gasteiger charge is -2.36. The number of halogens is 1. The molecule has 1 unspecified atom stereocenters. The molecule has 0 saturated carbocycles. The first kappa shape index (κ1) is 16.7. The minimum Gasteiger partial charge on any atom is -0.257 e. The molecule has 0 amide bonds. The molecule has 0 radical (unpaired) electrons. The van der Waals surface area contributed by atoms with Crippen molar-refractivity contribution in [3.8, 4) is 0 Å². The van der Waals surface area contributed by atoms with E-state index >= 15 is 0 Å². The fraction of sp³-hybridized carbons (Fsp3) is 0.643. The van der Waals surface area contributed by atoms with Crippen LogP contribution < -0.4 is 0 Å². The smallest absolute Gasteiger partial charge is 0.257 e. The van der Waals surface area contributed by atoms with Crippen LogP contribution >= 0.6 is 11.6 Å². The maximum atomic E-state index is 12.7. The molecule has 1 fully saturated rings. The van der Waals surface area contributed by atoms with Crippen LogP contribution in [0.2, 0.25) is 0 Å². The second-order valence-corrected chi connectivity index (χ2v) is 7.75. The molecule has 1 aliphatic rings. The van der Waals surface area contributed by atoms with E-state index in [-0.39, 0.29) is 12.6 Å². The first-order valence-corrected chi connectivity index (χ1v) is 9.10. The molecule has 5 nitrogen and oxygen atoms in total. The molecule has 21 heavy (non-hydrogen) atoms. The highest BCUT2D eigenvalue weighted by Gasteiger charge is 2.34. The van der Waals surface area contributed by atoms with Crippen LogP contribution in [0.4, 0.5) is 0 Å². The highest BCUT2D eigenvalue weighted by Crippen LogP contribution is 2.23. The van der Waals surface area contributed by atoms with Gasteiger partial charge in [0.25, 0.3) is 10.2 Å². The van der Waals surface area contributed by atoms with E-state index in [1.165, 1.54) is 4.31 Å². The normalized spacial score (nSPS) is 20.9. The first-order valence-electron chi connectivity index (χ1n) is 7.16. The lowest BCUT2D eigenvalue weighted by molar-refractivity contribution is 0.251. The predicted octanol–water partition coefficient (Wildman–Crippen LogP) is 2.16. The molecule has 0 aromatic carbocycles. The van der Waals surface area contributed by atoms with E-state index in [1.807, 2.05) is 25.1 Å². The van der Waals surface area contributed by atoms with Crippen LogP contribution in [-0.2, 0) is 16.8 Å². The van der Waals surface area contributed by atoms with E-state index in [0.29, 0.717) is 12.4 Å². The Hall–Kier alpha value is -0.690. The summed E-state index contributed by atoms with van der Waals surface area (Å²) >= 11 is 5.93. The summed E-state index contributed by atoms with van der Waals surface area (Å²) in [6, 6.07) is 5.53. The monoisotopic (exact) mass is 331 g/mol. The zero-order valence-electron chi connectivity index (χ0n) is 12.5. The maximum Gasteiger partial charge on any atom is 0.282 e. The van der Waals surface area contributed by atoms with Crippen molar-refractivity contribution in [1.82, 2.24) is 13.6 Å². The first-order chi connectivity index (χ1) is 9.95. The Morgan fingerprint density at radius 1 is 1.43 bits per heavy atom. The van der Waals surface area contributed by atoms with Crippen molar-refractivity contribution in [2.45, 2.75) is 38.8 Å². The fourth-order valence-corrected chi connectivity index (χ4v) is 4.58. The number of hydrogen-bond donors (Lipinski definition) is 0. The van der Waals surface area contributed by atoms with Gasteiger partial charge >= 0.3 is 0 Å². The summed E-state index contributed by atoms with van der Waals surface area (Å²) < 4.78 is 28.3. The van der Waals surface area contributed by atoms with Crippen molar-refractivity contribution in [1.29, 1.82) is 0 Å². The quantitative estimate of drug-likeness (QED) is 0.777. The van der Waals surface area contributed by atoms with Gasteiger partial charge in [-0.1, -0.05) is 12.5 Å². The molecule has 7 heteroatoms. The molecule has 0 aliphatic carbocycles. The molecule has 1 saturated heterocycles. The Morgan fingerprint density at radius 2 is 2.19 bits per heavy atom. The summed E-state index contributed by atoms with van der Waals surface area (Å²) in [6.45, 7) is 2.72. The van der Waals surface area contributed by atoms with Gasteiger partial charge in [0.15, 0.2) is 0 Å². The van der Waals surface area contributed by atoms with E-state index in [0.717, 1.165) is 30.7 Å². The summed E-state index contributed by atoms with van der Waals surface area (Å²) in [5.74, 6) is 0.343. The van der Waals surface area contributed by atoms with Crippen molar-refractivity contribution in [2.24, 2.45) is 0 Å². The van der Waals surface area contributed by atoms with Crippen LogP contribution in [0.3, 0.4) is 0 Å². The minimum absolute atomic E-state index is 0.0988. The molecule has 1 atom stereocenters. The van der Waals surface area contributed by atoms with Gasteiger partial charge < -0.3 is 0 Å². The largest absolute Gasteiger partial charge is 0.282 e. The Morgan fingerprint density at radius 3 is 2.86 bits per heavy atom. The number of aryl methyl sites for hydroxylation is 1. The Bertz CT molecular complexity index is 579. The van der Waals surface area contributed by atoms with Gasteiger partial charge in [-0.3, -0.25) is 4.98 Å². The molecule has 1 aliphatic heterocycles. The number of nitrogens with zero attached hydrogens (tertiary/aromatic N) is 3. The van der Waals surface area contributed by atoms with Crippen LogP contribution in [0.5, 0.6) is 0 Å². The van der Waals surface area contributed by atoms with Crippen molar-refractivity contribution in [2.75, 3.05) is 19.5 Å². The van der Waals surface area contributed by atoms with E-state index in [9.17, 15) is 8.42 Å². The molecular formula is C14H22ClN3O2S. The van der Waals surface area contributed by atoms with Gasteiger partial charge in [0.05, 0.1) is 12.2 Å². The lowest BCUT2D eigenvalue weighted by atomic mass is 10.1. The lowest BCUT2D eigenvalue weighted by Crippen LogP contribution is -2.50. The number of aromatic nitrogens is 1. The standard InChI is InChI=1S/C14H22ClN3O2S/c1-12-6-5-7-13(16-12)11-17(2)21(19,20)18-9-4-3-8-14(18)10-15/h5-7,14H,3-4,8-11H2,1-2H3.